The third kappa shape index (κ3) is 2.89. The number of methoxy groups -OCH3 is 1. The van der Waals surface area contributed by atoms with Crippen molar-refractivity contribution in [2.45, 2.75) is 0 Å². The molecule has 7 heteroatoms. The average molecular weight is 453 g/mol. The second-order valence-corrected chi connectivity index (χ2v) is 6.93. The van der Waals surface area contributed by atoms with Gasteiger partial charge in [0.25, 0.3) is 11.7 Å². The molecule has 0 aromatic heterocycles. The fourth-order valence-electron chi connectivity index (χ4n) is 2.53. The summed E-state index contributed by atoms with van der Waals surface area (Å²) in [6, 6.07) is 9.98. The normalized spacial score (nSPS) is 13.2. The van der Waals surface area contributed by atoms with E-state index in [1.807, 2.05) is 0 Å². The lowest BCUT2D eigenvalue weighted by Gasteiger charge is -2.17. The van der Waals surface area contributed by atoms with Gasteiger partial charge in [-0.2, -0.15) is 0 Å². The lowest BCUT2D eigenvalue weighted by molar-refractivity contribution is -0.114. The Morgan fingerprint density at radius 3 is 2.62 bits per heavy atom. The van der Waals surface area contributed by atoms with Crippen LogP contribution in [0.4, 0.5) is 5.69 Å². The number of carbonyl (C=O) groups is 3. The van der Waals surface area contributed by atoms with Crippen LogP contribution in [0.3, 0.4) is 0 Å². The minimum absolute atomic E-state index is 0.217. The van der Waals surface area contributed by atoms with Gasteiger partial charge in [0.1, 0.15) is 5.75 Å². The van der Waals surface area contributed by atoms with Crippen LogP contribution in [-0.4, -0.2) is 31.1 Å². The Morgan fingerprint density at radius 2 is 1.92 bits per heavy atom. The van der Waals surface area contributed by atoms with Gasteiger partial charge < -0.3 is 4.74 Å². The van der Waals surface area contributed by atoms with Crippen LogP contribution in [0.25, 0.3) is 0 Å². The van der Waals surface area contributed by atoms with Gasteiger partial charge in [0.15, 0.2) is 5.78 Å². The van der Waals surface area contributed by atoms with E-state index in [2.05, 4.69) is 31.9 Å². The molecule has 0 aliphatic carbocycles. The zero-order chi connectivity index (χ0) is 17.4. The maximum atomic E-state index is 12.5. The second kappa shape index (κ2) is 6.49. The largest absolute Gasteiger partial charge is 0.497 e. The summed E-state index contributed by atoms with van der Waals surface area (Å²) < 4.78 is 6.35. The van der Waals surface area contributed by atoms with E-state index in [9.17, 15) is 14.4 Å². The molecular formula is C17H11Br2NO4. The van der Waals surface area contributed by atoms with Crippen LogP contribution in [0.15, 0.2) is 45.3 Å². The quantitative estimate of drug-likeness (QED) is 0.524. The van der Waals surface area contributed by atoms with E-state index in [0.29, 0.717) is 25.9 Å². The molecule has 0 N–H and O–H groups in total. The van der Waals surface area contributed by atoms with Gasteiger partial charge in [-0.05, 0) is 40.2 Å². The highest BCUT2D eigenvalue weighted by Crippen LogP contribution is 2.38. The Morgan fingerprint density at radius 1 is 1.17 bits per heavy atom. The van der Waals surface area contributed by atoms with Crippen molar-refractivity contribution in [2.75, 3.05) is 18.6 Å². The lowest BCUT2D eigenvalue weighted by Crippen LogP contribution is -2.34. The van der Waals surface area contributed by atoms with Gasteiger partial charge >= 0.3 is 0 Å². The maximum absolute atomic E-state index is 12.5. The molecule has 2 aromatic carbocycles. The SMILES string of the molecule is COc1cccc(C(=O)CN2C(=O)C(=O)c3cc(Br)cc(Br)c32)c1. The molecule has 0 saturated carbocycles. The van der Waals surface area contributed by atoms with Crippen LogP contribution in [0.5, 0.6) is 5.75 Å². The highest BCUT2D eigenvalue weighted by Gasteiger charge is 2.38. The molecule has 1 aliphatic heterocycles. The Kier molecular flexibility index (Phi) is 4.56. The Balaban J connectivity index is 1.95. The van der Waals surface area contributed by atoms with Gasteiger partial charge in [-0.25, -0.2) is 0 Å². The fourth-order valence-corrected chi connectivity index (χ4v) is 3.97. The fraction of sp³-hybridized carbons (Fsp3) is 0.118. The number of carbonyl (C=O) groups excluding carboxylic acids is 3. The molecule has 0 fully saturated rings. The van der Waals surface area contributed by atoms with Crippen LogP contribution in [0, 0.1) is 0 Å². The summed E-state index contributed by atoms with van der Waals surface area (Å²) in [5.74, 6) is -1.06. The number of anilines is 1. The van der Waals surface area contributed by atoms with E-state index in [1.54, 1.807) is 36.4 Å². The predicted octanol–water partition coefficient (Wildman–Crippen LogP) is 3.63. The summed E-state index contributed by atoms with van der Waals surface area (Å²) in [5, 5.41) is 0. The molecule has 0 atom stereocenters. The molecule has 122 valence electrons. The Bertz CT molecular complexity index is 879. The number of benzene rings is 2. The van der Waals surface area contributed by atoms with Crippen molar-refractivity contribution in [1.82, 2.24) is 0 Å². The first-order chi connectivity index (χ1) is 11.4. The zero-order valence-corrected chi connectivity index (χ0v) is 15.7. The molecule has 1 heterocycles. The molecule has 0 bridgehead atoms. The minimum Gasteiger partial charge on any atom is -0.497 e. The molecule has 3 rings (SSSR count). The van der Waals surface area contributed by atoms with Gasteiger partial charge in [-0.15, -0.1) is 0 Å². The van der Waals surface area contributed by atoms with Crippen molar-refractivity contribution in [3.05, 3.63) is 56.5 Å². The van der Waals surface area contributed by atoms with E-state index in [4.69, 9.17) is 4.74 Å². The van der Waals surface area contributed by atoms with Gasteiger partial charge in [-0.1, -0.05) is 28.1 Å². The highest BCUT2D eigenvalue weighted by atomic mass is 79.9. The monoisotopic (exact) mass is 451 g/mol. The van der Waals surface area contributed by atoms with E-state index >= 15 is 0 Å². The van der Waals surface area contributed by atoms with Crippen LogP contribution >= 0.6 is 31.9 Å². The Labute approximate surface area is 154 Å². The topological polar surface area (TPSA) is 63.7 Å². The molecule has 5 nitrogen and oxygen atoms in total. The van der Waals surface area contributed by atoms with Crippen molar-refractivity contribution >= 4 is 55.0 Å². The number of halogens is 2. The molecule has 1 aliphatic rings. The molecule has 1 amide bonds. The number of Topliss-reactive ketones (excluding diaryl/α,β-unsaturated/α-hetero) is 2. The molecule has 0 unspecified atom stereocenters. The zero-order valence-electron chi connectivity index (χ0n) is 12.5. The molecule has 0 spiro atoms. The predicted molar refractivity (Wildman–Crippen MR) is 95.9 cm³/mol. The maximum Gasteiger partial charge on any atom is 0.299 e. The van der Waals surface area contributed by atoms with Gasteiger partial charge in [0, 0.05) is 14.5 Å². The molecule has 0 radical (unpaired) electrons. The third-order valence-electron chi connectivity index (χ3n) is 3.68. The number of fused-ring (bicyclic) bond motifs is 1. The molecule has 0 saturated heterocycles. The summed E-state index contributed by atoms with van der Waals surface area (Å²) in [6.07, 6.45) is 0. The lowest BCUT2D eigenvalue weighted by atomic mass is 10.1. The van der Waals surface area contributed by atoms with Crippen LogP contribution < -0.4 is 9.64 Å². The first-order valence-corrected chi connectivity index (χ1v) is 8.53. The first-order valence-electron chi connectivity index (χ1n) is 6.95. The number of hydrogen-bond acceptors (Lipinski definition) is 4. The third-order valence-corrected chi connectivity index (χ3v) is 4.74. The first kappa shape index (κ1) is 16.9. The molecular weight excluding hydrogens is 442 g/mol. The average Bonchev–Trinajstić information content (AvgIpc) is 2.80. The molecule has 2 aromatic rings. The second-order valence-electron chi connectivity index (χ2n) is 5.16. The standard InChI is InChI=1S/C17H11Br2NO4/c1-24-11-4-2-3-9(5-11)14(21)8-20-15-12(16(22)17(20)23)6-10(18)7-13(15)19/h2-7H,8H2,1H3. The van der Waals surface area contributed by atoms with Crippen LogP contribution in [0.1, 0.15) is 20.7 Å². The van der Waals surface area contributed by atoms with Gasteiger partial charge in [-0.3, -0.25) is 19.3 Å². The van der Waals surface area contributed by atoms with Crippen molar-refractivity contribution in [3.8, 4) is 5.75 Å². The smallest absolute Gasteiger partial charge is 0.299 e. The summed E-state index contributed by atoms with van der Waals surface area (Å²) in [7, 11) is 1.51. The van der Waals surface area contributed by atoms with E-state index in [-0.39, 0.29) is 17.9 Å². The van der Waals surface area contributed by atoms with Gasteiger partial charge in [0.05, 0.1) is 24.9 Å². The van der Waals surface area contributed by atoms with Crippen molar-refractivity contribution < 1.29 is 19.1 Å². The van der Waals surface area contributed by atoms with E-state index in [0.717, 1.165) is 0 Å². The number of nitrogens with zero attached hydrogens (tertiary/aromatic N) is 1. The van der Waals surface area contributed by atoms with Crippen LogP contribution in [0.2, 0.25) is 0 Å². The summed E-state index contributed by atoms with van der Waals surface area (Å²) in [5.41, 5.74) is 1.11. The Hall–Kier alpha value is -1.99. The van der Waals surface area contributed by atoms with Crippen molar-refractivity contribution in [1.29, 1.82) is 0 Å². The van der Waals surface area contributed by atoms with Gasteiger partial charge in [0.2, 0.25) is 0 Å². The van der Waals surface area contributed by atoms with E-state index < -0.39 is 11.7 Å². The highest BCUT2D eigenvalue weighted by molar-refractivity contribution is 9.11. The number of rotatable bonds is 4. The van der Waals surface area contributed by atoms with Crippen molar-refractivity contribution in [3.63, 3.8) is 0 Å². The van der Waals surface area contributed by atoms with E-state index in [1.165, 1.54) is 12.0 Å². The number of hydrogen-bond donors (Lipinski definition) is 0. The number of ether oxygens (including phenoxy) is 1. The summed E-state index contributed by atoms with van der Waals surface area (Å²) in [6.45, 7) is -0.217. The summed E-state index contributed by atoms with van der Waals surface area (Å²) >= 11 is 6.65. The molecule has 24 heavy (non-hydrogen) atoms. The number of ketones is 2. The van der Waals surface area contributed by atoms with Crippen molar-refractivity contribution in [2.24, 2.45) is 0 Å². The summed E-state index contributed by atoms with van der Waals surface area (Å²) in [4.78, 5) is 38.2. The number of amides is 1. The minimum atomic E-state index is -0.708. The van der Waals surface area contributed by atoms with Crippen LogP contribution in [-0.2, 0) is 4.79 Å².